The van der Waals surface area contributed by atoms with Gasteiger partial charge in [0.25, 0.3) is 0 Å². The standard InChI is InChI=1S/C15H23FN2O/c1-18(12-13-5-9-19-10-6-13)8-7-17-15-4-2-3-14(16)11-15/h2-4,11,13,17H,5-10,12H2,1H3. The summed E-state index contributed by atoms with van der Waals surface area (Å²) in [6.45, 7) is 4.73. The number of ether oxygens (including phenoxy) is 1. The van der Waals surface area contributed by atoms with E-state index in [9.17, 15) is 4.39 Å². The van der Waals surface area contributed by atoms with Gasteiger partial charge in [0.1, 0.15) is 5.82 Å². The normalized spacial score (nSPS) is 16.8. The molecule has 0 bridgehead atoms. The molecule has 0 spiro atoms. The van der Waals surface area contributed by atoms with Crippen molar-refractivity contribution in [2.75, 3.05) is 45.2 Å². The van der Waals surface area contributed by atoms with E-state index in [1.807, 2.05) is 6.07 Å². The van der Waals surface area contributed by atoms with Crippen LogP contribution in [-0.4, -0.2) is 44.8 Å². The molecule has 1 N–H and O–H groups in total. The van der Waals surface area contributed by atoms with Gasteiger partial charge in [-0.2, -0.15) is 0 Å². The van der Waals surface area contributed by atoms with Crippen molar-refractivity contribution in [3.63, 3.8) is 0 Å². The smallest absolute Gasteiger partial charge is 0.125 e. The van der Waals surface area contributed by atoms with Crippen molar-refractivity contribution in [1.82, 2.24) is 4.90 Å². The van der Waals surface area contributed by atoms with Crippen molar-refractivity contribution < 1.29 is 9.13 Å². The van der Waals surface area contributed by atoms with Crippen LogP contribution in [0.2, 0.25) is 0 Å². The molecule has 1 aliphatic heterocycles. The second-order valence-electron chi connectivity index (χ2n) is 5.26. The van der Waals surface area contributed by atoms with E-state index in [0.717, 1.165) is 44.5 Å². The van der Waals surface area contributed by atoms with Crippen molar-refractivity contribution in [2.45, 2.75) is 12.8 Å². The maximum atomic E-state index is 13.0. The van der Waals surface area contributed by atoms with Crippen molar-refractivity contribution in [1.29, 1.82) is 0 Å². The van der Waals surface area contributed by atoms with Crippen LogP contribution in [0.4, 0.5) is 10.1 Å². The molecule has 0 amide bonds. The van der Waals surface area contributed by atoms with Crippen molar-refractivity contribution >= 4 is 5.69 Å². The first kappa shape index (κ1) is 14.3. The van der Waals surface area contributed by atoms with Crippen LogP contribution in [0.3, 0.4) is 0 Å². The molecular formula is C15H23FN2O. The fourth-order valence-electron chi connectivity index (χ4n) is 2.45. The average molecular weight is 266 g/mol. The number of nitrogens with zero attached hydrogens (tertiary/aromatic N) is 1. The quantitative estimate of drug-likeness (QED) is 0.856. The molecule has 2 rings (SSSR count). The van der Waals surface area contributed by atoms with Gasteiger partial charge in [0, 0.05) is 38.5 Å². The summed E-state index contributed by atoms with van der Waals surface area (Å²) < 4.78 is 18.4. The average Bonchev–Trinajstić information content (AvgIpc) is 2.40. The fraction of sp³-hybridized carbons (Fsp3) is 0.600. The van der Waals surface area contributed by atoms with Crippen LogP contribution in [-0.2, 0) is 4.74 Å². The number of hydrogen-bond donors (Lipinski definition) is 1. The Labute approximate surface area is 114 Å². The molecule has 1 aromatic carbocycles. The zero-order valence-corrected chi connectivity index (χ0v) is 11.6. The molecule has 1 aromatic rings. The fourth-order valence-corrected chi connectivity index (χ4v) is 2.45. The van der Waals surface area contributed by atoms with Gasteiger partial charge < -0.3 is 15.0 Å². The summed E-state index contributed by atoms with van der Waals surface area (Å²) in [5.41, 5.74) is 0.847. The molecule has 4 heteroatoms. The maximum absolute atomic E-state index is 13.0. The SMILES string of the molecule is CN(CCNc1cccc(F)c1)CC1CCOCC1. The molecule has 3 nitrogen and oxygen atoms in total. The van der Waals surface area contributed by atoms with Crippen molar-refractivity contribution in [3.05, 3.63) is 30.1 Å². The predicted molar refractivity (Wildman–Crippen MR) is 75.9 cm³/mol. The van der Waals surface area contributed by atoms with E-state index in [2.05, 4.69) is 17.3 Å². The predicted octanol–water partition coefficient (Wildman–Crippen LogP) is 2.60. The summed E-state index contributed by atoms with van der Waals surface area (Å²) in [6.07, 6.45) is 2.34. The summed E-state index contributed by atoms with van der Waals surface area (Å²) in [4.78, 5) is 2.34. The number of anilines is 1. The van der Waals surface area contributed by atoms with E-state index in [4.69, 9.17) is 4.74 Å². The lowest BCUT2D eigenvalue weighted by molar-refractivity contribution is 0.0562. The second kappa shape index (κ2) is 7.46. The molecule has 0 aliphatic carbocycles. The van der Waals surface area contributed by atoms with Crippen LogP contribution in [0, 0.1) is 11.7 Å². The van der Waals surface area contributed by atoms with Crippen LogP contribution in [0.1, 0.15) is 12.8 Å². The molecule has 0 unspecified atom stereocenters. The molecule has 106 valence electrons. The van der Waals surface area contributed by atoms with Gasteiger partial charge in [0.2, 0.25) is 0 Å². The third-order valence-corrected chi connectivity index (χ3v) is 3.56. The third kappa shape index (κ3) is 5.17. The van der Waals surface area contributed by atoms with Crippen LogP contribution in [0.5, 0.6) is 0 Å². The Balaban J connectivity index is 1.64. The molecule has 1 heterocycles. The van der Waals surface area contributed by atoms with Gasteiger partial charge in [-0.3, -0.25) is 0 Å². The Hall–Kier alpha value is -1.13. The number of halogens is 1. The summed E-state index contributed by atoms with van der Waals surface area (Å²) in [5, 5.41) is 3.25. The third-order valence-electron chi connectivity index (χ3n) is 3.56. The van der Waals surface area contributed by atoms with E-state index in [-0.39, 0.29) is 5.82 Å². The molecule has 0 radical (unpaired) electrons. The first-order valence-electron chi connectivity index (χ1n) is 7.00. The topological polar surface area (TPSA) is 24.5 Å². The van der Waals surface area contributed by atoms with Gasteiger partial charge in [0.05, 0.1) is 0 Å². The zero-order chi connectivity index (χ0) is 13.5. The molecule has 0 aromatic heterocycles. The van der Waals surface area contributed by atoms with Gasteiger partial charge in [-0.25, -0.2) is 4.39 Å². The number of nitrogens with one attached hydrogen (secondary N) is 1. The van der Waals surface area contributed by atoms with E-state index in [0.29, 0.717) is 0 Å². The number of benzene rings is 1. The van der Waals surface area contributed by atoms with Crippen LogP contribution in [0.15, 0.2) is 24.3 Å². The van der Waals surface area contributed by atoms with E-state index < -0.39 is 0 Å². The van der Waals surface area contributed by atoms with E-state index >= 15 is 0 Å². The van der Waals surface area contributed by atoms with Gasteiger partial charge in [-0.05, 0) is 44.0 Å². The summed E-state index contributed by atoms with van der Waals surface area (Å²) in [5.74, 6) is 0.563. The van der Waals surface area contributed by atoms with E-state index in [1.54, 1.807) is 6.07 Å². The molecule has 19 heavy (non-hydrogen) atoms. The molecule has 1 fully saturated rings. The number of hydrogen-bond acceptors (Lipinski definition) is 3. The first-order chi connectivity index (χ1) is 9.24. The summed E-state index contributed by atoms with van der Waals surface area (Å²) in [6, 6.07) is 6.60. The highest BCUT2D eigenvalue weighted by Gasteiger charge is 2.15. The highest BCUT2D eigenvalue weighted by atomic mass is 19.1. The minimum atomic E-state index is -0.194. The molecule has 1 aliphatic rings. The molecule has 0 atom stereocenters. The lowest BCUT2D eigenvalue weighted by Gasteiger charge is -2.27. The summed E-state index contributed by atoms with van der Waals surface area (Å²) >= 11 is 0. The Morgan fingerprint density at radius 1 is 1.37 bits per heavy atom. The molecule has 0 saturated carbocycles. The monoisotopic (exact) mass is 266 g/mol. The van der Waals surface area contributed by atoms with Crippen molar-refractivity contribution in [2.24, 2.45) is 5.92 Å². The van der Waals surface area contributed by atoms with Crippen LogP contribution in [0.25, 0.3) is 0 Å². The maximum Gasteiger partial charge on any atom is 0.125 e. The zero-order valence-electron chi connectivity index (χ0n) is 11.6. The Bertz CT molecular complexity index is 380. The lowest BCUT2D eigenvalue weighted by atomic mass is 10.00. The Kier molecular flexibility index (Phi) is 5.61. The minimum Gasteiger partial charge on any atom is -0.384 e. The Morgan fingerprint density at radius 2 is 2.16 bits per heavy atom. The van der Waals surface area contributed by atoms with Crippen LogP contribution < -0.4 is 5.32 Å². The first-order valence-corrected chi connectivity index (χ1v) is 7.00. The van der Waals surface area contributed by atoms with Crippen LogP contribution >= 0.6 is 0 Å². The van der Waals surface area contributed by atoms with Gasteiger partial charge >= 0.3 is 0 Å². The summed E-state index contributed by atoms with van der Waals surface area (Å²) in [7, 11) is 2.14. The lowest BCUT2D eigenvalue weighted by Crippen LogP contribution is -2.32. The highest BCUT2D eigenvalue weighted by Crippen LogP contribution is 2.15. The van der Waals surface area contributed by atoms with Gasteiger partial charge in [-0.1, -0.05) is 6.07 Å². The largest absolute Gasteiger partial charge is 0.384 e. The number of likely N-dealkylation sites (N-methyl/N-ethyl adjacent to an activating group) is 1. The van der Waals surface area contributed by atoms with E-state index in [1.165, 1.54) is 25.0 Å². The highest BCUT2D eigenvalue weighted by molar-refractivity contribution is 5.42. The molecular weight excluding hydrogens is 243 g/mol. The van der Waals surface area contributed by atoms with Gasteiger partial charge in [0.15, 0.2) is 0 Å². The van der Waals surface area contributed by atoms with Crippen molar-refractivity contribution in [3.8, 4) is 0 Å². The second-order valence-corrected chi connectivity index (χ2v) is 5.26. The Morgan fingerprint density at radius 3 is 2.89 bits per heavy atom. The number of rotatable bonds is 6. The van der Waals surface area contributed by atoms with Gasteiger partial charge in [-0.15, -0.1) is 0 Å². The molecule has 1 saturated heterocycles. The minimum absolute atomic E-state index is 0.194.